The van der Waals surface area contributed by atoms with Crippen molar-refractivity contribution in [3.05, 3.63) is 29.8 Å². The summed E-state index contributed by atoms with van der Waals surface area (Å²) in [4.78, 5) is 21.7. The minimum absolute atomic E-state index is 0.105. The van der Waals surface area contributed by atoms with Gasteiger partial charge in [0.15, 0.2) is 11.5 Å². The number of carbonyl (C=O) groups excluding carboxylic acids is 2. The highest BCUT2D eigenvalue weighted by molar-refractivity contribution is 6.61. The third-order valence-corrected chi connectivity index (χ3v) is 2.29. The van der Waals surface area contributed by atoms with Crippen LogP contribution in [-0.4, -0.2) is 28.7 Å². The molecule has 0 aromatic heterocycles. The van der Waals surface area contributed by atoms with Gasteiger partial charge in [-0.1, -0.05) is 12.1 Å². The number of hydrogen-bond acceptors (Lipinski definition) is 4. The Morgan fingerprint density at radius 2 is 2.00 bits per heavy atom. The summed E-state index contributed by atoms with van der Waals surface area (Å²) in [5, 5.41) is 0.105. The van der Waals surface area contributed by atoms with Crippen LogP contribution in [-0.2, 0) is 9.59 Å². The van der Waals surface area contributed by atoms with Crippen LogP contribution in [0.25, 0.3) is 6.08 Å². The molecule has 0 N–H and O–H groups in total. The fourth-order valence-electron chi connectivity index (χ4n) is 1.24. The molecule has 4 nitrogen and oxygen atoms in total. The number of allylic oxidation sites excluding steroid dienone is 1. The highest BCUT2D eigenvalue weighted by Crippen LogP contribution is 2.28. The zero-order chi connectivity index (χ0) is 12.8. The van der Waals surface area contributed by atoms with Gasteiger partial charge in [-0.3, -0.25) is 4.79 Å². The summed E-state index contributed by atoms with van der Waals surface area (Å²) in [5.74, 6) is 0.429. The number of methoxy groups -OCH3 is 1. The Bertz CT molecular complexity index is 466. The predicted molar refractivity (Wildman–Crippen MR) is 68.3 cm³/mol. The van der Waals surface area contributed by atoms with Crippen LogP contribution in [0.4, 0.5) is 0 Å². The van der Waals surface area contributed by atoms with E-state index in [1.165, 1.54) is 20.1 Å². The molecule has 1 rings (SSSR count). The van der Waals surface area contributed by atoms with E-state index in [-0.39, 0.29) is 5.41 Å². The van der Waals surface area contributed by atoms with Crippen LogP contribution in [0.3, 0.4) is 0 Å². The first-order valence-corrected chi connectivity index (χ1v) is 6.08. The second-order valence-electron chi connectivity index (χ2n) is 3.45. The van der Waals surface area contributed by atoms with E-state index in [1.807, 2.05) is 0 Å². The zero-order valence-corrected chi connectivity index (χ0v) is 12.0. The van der Waals surface area contributed by atoms with Gasteiger partial charge in [0.1, 0.15) is 5.41 Å². The van der Waals surface area contributed by atoms with Gasteiger partial charge in [0, 0.05) is 6.92 Å². The molecular formula is C12H14O4Si. The number of hydrogen-bond donors (Lipinski definition) is 0. The van der Waals surface area contributed by atoms with Gasteiger partial charge in [-0.15, -0.1) is 0 Å². The summed E-state index contributed by atoms with van der Waals surface area (Å²) in [7, 11) is 1.99. The number of benzene rings is 1. The average Bonchev–Trinajstić information content (AvgIpc) is 2.26. The van der Waals surface area contributed by atoms with Crippen LogP contribution in [0.2, 0.25) is 0 Å². The normalized spacial score (nSPS) is 10.5. The lowest BCUT2D eigenvalue weighted by atomic mass is 10.2. The Morgan fingerprint density at radius 1 is 1.29 bits per heavy atom. The van der Waals surface area contributed by atoms with Gasteiger partial charge >= 0.3 is 5.97 Å². The molecule has 90 valence electrons. The van der Waals surface area contributed by atoms with Gasteiger partial charge < -0.3 is 14.3 Å². The number of rotatable bonds is 4. The SMILES string of the molecule is COc1cc(/C=C/C(=O)[SiH3])ccc1OC(C)=O. The van der Waals surface area contributed by atoms with Gasteiger partial charge in [-0.25, -0.2) is 0 Å². The van der Waals surface area contributed by atoms with Crippen LogP contribution in [0.1, 0.15) is 12.5 Å². The minimum atomic E-state index is -0.402. The first-order chi connectivity index (χ1) is 8.02. The topological polar surface area (TPSA) is 52.6 Å². The quantitative estimate of drug-likeness (QED) is 0.338. The maximum atomic E-state index is 10.9. The van der Waals surface area contributed by atoms with E-state index >= 15 is 0 Å². The molecule has 0 aliphatic heterocycles. The molecule has 1 aromatic rings. The van der Waals surface area contributed by atoms with Crippen molar-refractivity contribution in [2.24, 2.45) is 0 Å². The Labute approximate surface area is 103 Å². The van der Waals surface area contributed by atoms with Crippen LogP contribution in [0.5, 0.6) is 11.5 Å². The van der Waals surface area contributed by atoms with E-state index in [1.54, 1.807) is 24.3 Å². The average molecular weight is 250 g/mol. The maximum Gasteiger partial charge on any atom is 0.308 e. The van der Waals surface area contributed by atoms with Crippen molar-refractivity contribution in [3.63, 3.8) is 0 Å². The van der Waals surface area contributed by atoms with Crippen molar-refractivity contribution in [1.29, 1.82) is 0 Å². The Morgan fingerprint density at radius 3 is 2.53 bits per heavy atom. The maximum absolute atomic E-state index is 10.9. The molecule has 0 bridgehead atoms. The summed E-state index contributed by atoms with van der Waals surface area (Å²) >= 11 is 0. The molecule has 0 spiro atoms. The highest BCUT2D eigenvalue weighted by Gasteiger charge is 2.06. The number of ether oxygens (including phenoxy) is 2. The van der Waals surface area contributed by atoms with Gasteiger partial charge in [-0.05, 0) is 23.8 Å². The first-order valence-electron chi connectivity index (χ1n) is 5.08. The fourth-order valence-corrected chi connectivity index (χ4v) is 1.41. The summed E-state index contributed by atoms with van der Waals surface area (Å²) in [5.41, 5.74) is 0.821. The summed E-state index contributed by atoms with van der Waals surface area (Å²) in [6.07, 6.45) is 3.22. The van der Waals surface area contributed by atoms with Crippen molar-refractivity contribution < 1.29 is 19.1 Å². The molecule has 0 saturated heterocycles. The van der Waals surface area contributed by atoms with E-state index in [9.17, 15) is 9.59 Å². The van der Waals surface area contributed by atoms with Crippen molar-refractivity contribution in [1.82, 2.24) is 0 Å². The van der Waals surface area contributed by atoms with E-state index < -0.39 is 5.97 Å². The molecule has 0 amide bonds. The number of carbonyl (C=O) groups is 2. The van der Waals surface area contributed by atoms with E-state index in [0.29, 0.717) is 21.7 Å². The standard InChI is InChI=1S/C12H14O4Si/c1-8(13)16-10-5-3-9(4-6-12(14)17)7-11(10)15-2/h3-7H,1-2,17H3/b6-4+. The lowest BCUT2D eigenvalue weighted by Gasteiger charge is -2.08. The second-order valence-corrected chi connectivity index (χ2v) is 4.43. The van der Waals surface area contributed by atoms with Crippen LogP contribution in [0, 0.1) is 0 Å². The van der Waals surface area contributed by atoms with Gasteiger partial charge in [0.2, 0.25) is 0 Å². The predicted octanol–water partition coefficient (Wildman–Crippen LogP) is 0.526. The molecule has 17 heavy (non-hydrogen) atoms. The van der Waals surface area contributed by atoms with E-state index in [4.69, 9.17) is 9.47 Å². The molecule has 0 radical (unpaired) electrons. The Hall–Kier alpha value is -1.88. The number of esters is 1. The third kappa shape index (κ3) is 4.24. The smallest absolute Gasteiger partial charge is 0.308 e. The van der Waals surface area contributed by atoms with E-state index in [2.05, 4.69) is 0 Å². The molecule has 5 heteroatoms. The lowest BCUT2D eigenvalue weighted by Crippen LogP contribution is -2.03. The molecule has 0 fully saturated rings. The lowest BCUT2D eigenvalue weighted by molar-refractivity contribution is -0.132. The monoisotopic (exact) mass is 250 g/mol. The second kappa shape index (κ2) is 6.00. The van der Waals surface area contributed by atoms with Gasteiger partial charge in [0.25, 0.3) is 0 Å². The summed E-state index contributed by atoms with van der Waals surface area (Å²) < 4.78 is 10.1. The Kier molecular flexibility index (Phi) is 4.65. The molecule has 1 aromatic carbocycles. The summed E-state index contributed by atoms with van der Waals surface area (Å²) in [6.45, 7) is 1.33. The van der Waals surface area contributed by atoms with Crippen molar-refractivity contribution in [3.8, 4) is 11.5 Å². The highest BCUT2D eigenvalue weighted by atomic mass is 28.1. The largest absolute Gasteiger partial charge is 0.493 e. The Balaban J connectivity index is 2.99. The molecule has 0 heterocycles. The molecule has 0 saturated carbocycles. The van der Waals surface area contributed by atoms with Gasteiger partial charge in [-0.2, -0.15) is 0 Å². The van der Waals surface area contributed by atoms with Crippen molar-refractivity contribution in [2.75, 3.05) is 7.11 Å². The molecule has 0 aliphatic rings. The molecule has 0 atom stereocenters. The van der Waals surface area contributed by atoms with Crippen LogP contribution in [0.15, 0.2) is 24.3 Å². The third-order valence-electron chi connectivity index (χ3n) is 1.95. The molecular weight excluding hydrogens is 236 g/mol. The molecule has 0 unspecified atom stereocenters. The van der Waals surface area contributed by atoms with Crippen LogP contribution < -0.4 is 9.47 Å². The van der Waals surface area contributed by atoms with Crippen molar-refractivity contribution in [2.45, 2.75) is 6.92 Å². The van der Waals surface area contributed by atoms with E-state index in [0.717, 1.165) is 5.56 Å². The van der Waals surface area contributed by atoms with Crippen LogP contribution >= 0.6 is 0 Å². The first kappa shape index (κ1) is 13.2. The molecule has 0 aliphatic carbocycles. The fraction of sp³-hybridized carbons (Fsp3) is 0.167. The van der Waals surface area contributed by atoms with Crippen molar-refractivity contribution >= 4 is 27.7 Å². The summed E-state index contributed by atoms with van der Waals surface area (Å²) in [6, 6.07) is 5.10. The minimum Gasteiger partial charge on any atom is -0.493 e. The zero-order valence-electron chi connectivity index (χ0n) is 10.0. The van der Waals surface area contributed by atoms with Gasteiger partial charge in [0.05, 0.1) is 17.4 Å².